The van der Waals surface area contributed by atoms with Crippen LogP contribution in [0.5, 0.6) is 5.75 Å². The molecule has 0 atom stereocenters. The summed E-state index contributed by atoms with van der Waals surface area (Å²) in [6.45, 7) is 4.03. The van der Waals surface area contributed by atoms with Crippen molar-refractivity contribution in [3.8, 4) is 17.6 Å². The van der Waals surface area contributed by atoms with E-state index in [1.54, 1.807) is 31.2 Å². The minimum absolute atomic E-state index is 0.0341. The number of fused-ring (bicyclic) bond motifs is 1. The van der Waals surface area contributed by atoms with Gasteiger partial charge in [0.25, 0.3) is 0 Å². The number of anilines is 2. The Morgan fingerprint density at radius 3 is 2.48 bits per heavy atom. The van der Waals surface area contributed by atoms with Crippen LogP contribution in [0.3, 0.4) is 0 Å². The molecule has 2 aliphatic rings. The standard InChI is InChI=1S/C32H39F3N4O4S/c1-3-44(40,41)26-13-14-29(31(21-26)42-2)36-15-5-6-25-20-27-28(7-4-8-30(27)39(25)22-32(33,34)35)37-23-9-11-24(12-10-23)38-16-18-43-19-17-38/h4,7-8,13-14,20-21,23-24,36-37H,3,9-12,15-19,22H2,1-2H3. The Labute approximate surface area is 256 Å². The van der Waals surface area contributed by atoms with E-state index in [1.807, 2.05) is 6.07 Å². The number of nitrogens with zero attached hydrogens (tertiary/aromatic N) is 2. The molecular formula is C32H39F3N4O4S. The molecule has 0 unspecified atom stereocenters. The zero-order valence-corrected chi connectivity index (χ0v) is 25.9. The SMILES string of the molecule is CCS(=O)(=O)c1ccc(NCC#Cc2cc3c(NC4CCC(N5CCOCC5)CC4)cccc3n2CC(F)(F)F)c(OC)c1. The predicted octanol–water partition coefficient (Wildman–Crippen LogP) is 5.52. The quantitative estimate of drug-likeness (QED) is 0.301. The molecule has 1 saturated heterocycles. The largest absolute Gasteiger partial charge is 0.495 e. The summed E-state index contributed by atoms with van der Waals surface area (Å²) in [6.07, 6.45) is -0.276. The van der Waals surface area contributed by atoms with Crippen LogP contribution in [-0.4, -0.2) is 81.9 Å². The van der Waals surface area contributed by atoms with Crippen molar-refractivity contribution in [2.75, 3.05) is 56.3 Å². The molecule has 0 bridgehead atoms. The average Bonchev–Trinajstić information content (AvgIpc) is 3.36. The number of hydrogen-bond acceptors (Lipinski definition) is 7. The molecule has 0 spiro atoms. The predicted molar refractivity (Wildman–Crippen MR) is 166 cm³/mol. The highest BCUT2D eigenvalue weighted by molar-refractivity contribution is 7.91. The Balaban J connectivity index is 1.32. The second-order valence-corrected chi connectivity index (χ2v) is 13.5. The Kier molecular flexibility index (Phi) is 9.97. The lowest BCUT2D eigenvalue weighted by Crippen LogP contribution is -2.46. The number of morpholine rings is 1. The minimum Gasteiger partial charge on any atom is -0.495 e. The molecule has 5 rings (SSSR count). The Hall–Kier alpha value is -3.40. The summed E-state index contributed by atoms with van der Waals surface area (Å²) in [5, 5.41) is 7.40. The lowest BCUT2D eigenvalue weighted by Gasteiger charge is -2.39. The molecule has 0 radical (unpaired) electrons. The van der Waals surface area contributed by atoms with Gasteiger partial charge in [-0.15, -0.1) is 0 Å². The molecule has 1 saturated carbocycles. The van der Waals surface area contributed by atoms with Gasteiger partial charge in [0.2, 0.25) is 0 Å². The second-order valence-electron chi connectivity index (χ2n) is 11.2. The van der Waals surface area contributed by atoms with Crippen molar-refractivity contribution in [1.82, 2.24) is 9.47 Å². The van der Waals surface area contributed by atoms with Crippen molar-refractivity contribution in [2.24, 2.45) is 0 Å². The Morgan fingerprint density at radius 1 is 1.05 bits per heavy atom. The molecule has 12 heteroatoms. The van der Waals surface area contributed by atoms with E-state index >= 15 is 0 Å². The lowest BCUT2D eigenvalue weighted by molar-refractivity contribution is -0.140. The highest BCUT2D eigenvalue weighted by Crippen LogP contribution is 2.33. The summed E-state index contributed by atoms with van der Waals surface area (Å²) in [4.78, 5) is 2.67. The molecule has 2 aromatic carbocycles. The number of methoxy groups -OCH3 is 1. The van der Waals surface area contributed by atoms with Crippen LogP contribution >= 0.6 is 0 Å². The van der Waals surface area contributed by atoms with Crippen molar-refractivity contribution in [3.63, 3.8) is 0 Å². The van der Waals surface area contributed by atoms with Crippen LogP contribution in [0, 0.1) is 11.8 Å². The minimum atomic E-state index is -4.42. The van der Waals surface area contributed by atoms with Gasteiger partial charge in [-0.05, 0) is 61.9 Å². The molecule has 2 heterocycles. The first-order valence-corrected chi connectivity index (χ1v) is 16.6. The molecule has 8 nitrogen and oxygen atoms in total. The summed E-state index contributed by atoms with van der Waals surface area (Å²) in [5.41, 5.74) is 2.08. The molecule has 2 N–H and O–H groups in total. The first kappa shape index (κ1) is 32.0. The smallest absolute Gasteiger partial charge is 0.406 e. The summed E-state index contributed by atoms with van der Waals surface area (Å²) in [6, 6.07) is 12.4. The van der Waals surface area contributed by atoms with Gasteiger partial charge >= 0.3 is 6.18 Å². The van der Waals surface area contributed by atoms with E-state index in [4.69, 9.17) is 9.47 Å². The zero-order valence-electron chi connectivity index (χ0n) is 25.0. The van der Waals surface area contributed by atoms with Crippen molar-refractivity contribution in [2.45, 2.75) is 62.3 Å². The van der Waals surface area contributed by atoms with Crippen LogP contribution in [0.1, 0.15) is 38.3 Å². The number of hydrogen-bond donors (Lipinski definition) is 2. The van der Waals surface area contributed by atoms with Crippen LogP contribution in [-0.2, 0) is 21.1 Å². The lowest BCUT2D eigenvalue weighted by atomic mass is 9.89. The Bertz CT molecular complexity index is 1610. The van der Waals surface area contributed by atoms with E-state index in [9.17, 15) is 21.6 Å². The molecule has 238 valence electrons. The van der Waals surface area contributed by atoms with Crippen LogP contribution < -0.4 is 15.4 Å². The first-order valence-electron chi connectivity index (χ1n) is 15.0. The number of sulfone groups is 1. The van der Waals surface area contributed by atoms with Crippen molar-refractivity contribution < 1.29 is 31.1 Å². The monoisotopic (exact) mass is 632 g/mol. The molecular weight excluding hydrogens is 593 g/mol. The van der Waals surface area contributed by atoms with Crippen LogP contribution in [0.15, 0.2) is 47.4 Å². The van der Waals surface area contributed by atoms with Crippen LogP contribution in [0.2, 0.25) is 0 Å². The average molecular weight is 633 g/mol. The molecule has 44 heavy (non-hydrogen) atoms. The highest BCUT2D eigenvalue weighted by Gasteiger charge is 2.31. The summed E-state index contributed by atoms with van der Waals surface area (Å²) < 4.78 is 77.5. The topological polar surface area (TPSA) is 84.8 Å². The number of aromatic nitrogens is 1. The Morgan fingerprint density at radius 2 is 1.80 bits per heavy atom. The van der Waals surface area contributed by atoms with Gasteiger partial charge in [-0.2, -0.15) is 13.2 Å². The maximum Gasteiger partial charge on any atom is 0.406 e. The zero-order chi connectivity index (χ0) is 31.3. The van der Waals surface area contributed by atoms with Gasteiger partial charge in [-0.1, -0.05) is 18.9 Å². The van der Waals surface area contributed by atoms with E-state index < -0.39 is 22.6 Å². The number of halogens is 3. The van der Waals surface area contributed by atoms with E-state index in [2.05, 4.69) is 27.4 Å². The van der Waals surface area contributed by atoms with E-state index in [0.29, 0.717) is 28.4 Å². The maximum absolute atomic E-state index is 13.7. The molecule has 1 aromatic heterocycles. The number of alkyl halides is 3. The number of nitrogens with one attached hydrogen (secondary N) is 2. The van der Waals surface area contributed by atoms with Gasteiger partial charge in [-0.3, -0.25) is 4.90 Å². The third-order valence-electron chi connectivity index (χ3n) is 8.40. The first-order chi connectivity index (χ1) is 21.1. The van der Waals surface area contributed by atoms with E-state index in [-0.39, 0.29) is 28.9 Å². The van der Waals surface area contributed by atoms with Crippen LogP contribution in [0.25, 0.3) is 10.9 Å². The maximum atomic E-state index is 13.7. The van der Waals surface area contributed by atoms with E-state index in [0.717, 1.165) is 57.7 Å². The van der Waals surface area contributed by atoms with Gasteiger partial charge in [0.1, 0.15) is 12.3 Å². The normalized spacial score (nSPS) is 19.8. The van der Waals surface area contributed by atoms with Gasteiger partial charge in [0.15, 0.2) is 9.84 Å². The highest BCUT2D eigenvalue weighted by atomic mass is 32.2. The number of ether oxygens (including phenoxy) is 2. The summed E-state index contributed by atoms with van der Waals surface area (Å²) >= 11 is 0. The molecule has 2 fully saturated rings. The molecule has 3 aromatic rings. The van der Waals surface area contributed by atoms with Gasteiger partial charge in [0.05, 0.1) is 54.4 Å². The molecule has 1 aliphatic heterocycles. The molecule has 0 amide bonds. The summed E-state index contributed by atoms with van der Waals surface area (Å²) in [5.74, 6) is 6.15. The third-order valence-corrected chi connectivity index (χ3v) is 10.1. The fourth-order valence-electron chi connectivity index (χ4n) is 6.06. The number of rotatable bonds is 9. The number of benzene rings is 2. The van der Waals surface area contributed by atoms with Crippen molar-refractivity contribution in [3.05, 3.63) is 48.2 Å². The molecule has 1 aliphatic carbocycles. The van der Waals surface area contributed by atoms with Gasteiger partial charge < -0.3 is 24.7 Å². The van der Waals surface area contributed by atoms with Crippen molar-refractivity contribution >= 4 is 32.1 Å². The van der Waals surface area contributed by atoms with Gasteiger partial charge in [-0.25, -0.2) is 8.42 Å². The third kappa shape index (κ3) is 7.62. The van der Waals surface area contributed by atoms with Crippen LogP contribution in [0.4, 0.5) is 24.5 Å². The van der Waals surface area contributed by atoms with E-state index in [1.165, 1.54) is 23.8 Å². The fourth-order valence-corrected chi connectivity index (χ4v) is 6.96. The summed E-state index contributed by atoms with van der Waals surface area (Å²) in [7, 11) is -1.97. The second kappa shape index (κ2) is 13.7. The van der Waals surface area contributed by atoms with Gasteiger partial charge in [0, 0.05) is 42.3 Å². The fraction of sp³-hybridized carbons (Fsp3) is 0.500. The van der Waals surface area contributed by atoms with Crippen molar-refractivity contribution in [1.29, 1.82) is 0 Å².